The average Bonchev–Trinajstić information content (AvgIpc) is 3.95. The van der Waals surface area contributed by atoms with Crippen molar-refractivity contribution >= 4 is 39.4 Å². The van der Waals surface area contributed by atoms with Gasteiger partial charge in [-0.15, -0.1) is 0 Å². The molecule has 0 unspecified atom stereocenters. The first kappa shape index (κ1) is 46.6. The maximum Gasteiger partial charge on any atom is 0.341 e. The minimum absolute atomic E-state index is 0.0251. The van der Waals surface area contributed by atoms with Crippen LogP contribution in [0.2, 0.25) is 0 Å². The molecule has 0 aliphatic carbocycles. The van der Waals surface area contributed by atoms with Gasteiger partial charge in [0.05, 0.1) is 33.9 Å². The molecule has 0 spiro atoms. The molecular formula is C48H51F3N8O8. The maximum absolute atomic E-state index is 15.4. The number of halogens is 3. The smallest absolute Gasteiger partial charge is 0.341 e. The molecule has 6 aromatic rings. The lowest BCUT2D eigenvalue weighted by Crippen LogP contribution is -2.29. The zero-order chi connectivity index (χ0) is 48.0. The first-order valence-corrected chi connectivity index (χ1v) is 22.2. The fourth-order valence-corrected chi connectivity index (χ4v) is 9.39. The number of pyridine rings is 2. The number of hydrogen-bond acceptors (Lipinski definition) is 12. The van der Waals surface area contributed by atoms with Crippen molar-refractivity contribution in [3.8, 4) is 11.5 Å². The van der Waals surface area contributed by atoms with Gasteiger partial charge in [0.1, 0.15) is 41.7 Å². The predicted octanol–water partition coefficient (Wildman–Crippen LogP) is 6.44. The van der Waals surface area contributed by atoms with Crippen molar-refractivity contribution in [3.63, 3.8) is 0 Å². The standard InChI is InChI=1S/C24H25FN4O4.C13H9F2NO4.C11H17N3/c1-12-6-13(2)27-19(26-12)7-15-4-5-28(9-15)21-18(25)8-16-20-23(21)33-11-14(3)29(20)10-17(22(16)30)24(31)32;1-5-4-20-12-9(15)8(14)2-6-10(12)16(5)3-7(11(6)17)13(18)19;1-8-5-9(2)14-11(13-8)6-10-3-4-12-7-10/h6,8,10,14-15H,4-5,7,9,11H2,1-3H3,(H,31,32);2-3,5H,4H2,1H3,(H,18,19);5,10,12H,3-4,6-7H2,1-2H3/t14-,15-;5-;10-/m000/s1. The van der Waals surface area contributed by atoms with E-state index in [-0.39, 0.29) is 58.8 Å². The summed E-state index contributed by atoms with van der Waals surface area (Å²) in [6.07, 6.45) is 6.32. The lowest BCUT2D eigenvalue weighted by molar-refractivity contribution is 0.0683. The van der Waals surface area contributed by atoms with Gasteiger partial charge in [0, 0.05) is 61.1 Å². The third-order valence-electron chi connectivity index (χ3n) is 12.5. The molecule has 19 heteroatoms. The van der Waals surface area contributed by atoms with Crippen LogP contribution in [-0.4, -0.2) is 90.6 Å². The van der Waals surface area contributed by atoms with Crippen LogP contribution in [0.5, 0.6) is 11.5 Å². The van der Waals surface area contributed by atoms with Gasteiger partial charge in [-0.2, -0.15) is 4.39 Å². The second-order valence-corrected chi connectivity index (χ2v) is 17.8. The first-order valence-electron chi connectivity index (χ1n) is 22.2. The third-order valence-corrected chi connectivity index (χ3v) is 12.5. The van der Waals surface area contributed by atoms with Crippen molar-refractivity contribution in [2.45, 2.75) is 79.3 Å². The van der Waals surface area contributed by atoms with E-state index in [1.807, 2.05) is 51.7 Å². The van der Waals surface area contributed by atoms with Crippen LogP contribution >= 0.6 is 0 Å². The summed E-state index contributed by atoms with van der Waals surface area (Å²) in [5, 5.41) is 21.7. The van der Waals surface area contributed by atoms with Gasteiger partial charge in [0.25, 0.3) is 0 Å². The second-order valence-electron chi connectivity index (χ2n) is 17.8. The Balaban J connectivity index is 0.000000151. The van der Waals surface area contributed by atoms with Crippen molar-refractivity contribution in [1.82, 2.24) is 34.4 Å². The average molecular weight is 925 g/mol. The number of aryl methyl sites for hydroxylation is 4. The molecule has 67 heavy (non-hydrogen) atoms. The predicted molar refractivity (Wildman–Crippen MR) is 242 cm³/mol. The largest absolute Gasteiger partial charge is 0.487 e. The Bertz CT molecular complexity index is 3040. The summed E-state index contributed by atoms with van der Waals surface area (Å²) in [7, 11) is 0. The highest BCUT2D eigenvalue weighted by molar-refractivity contribution is 5.97. The van der Waals surface area contributed by atoms with E-state index in [9.17, 15) is 33.1 Å². The molecule has 4 aliphatic heterocycles. The molecule has 0 bridgehead atoms. The van der Waals surface area contributed by atoms with Crippen molar-refractivity contribution < 1.29 is 42.4 Å². The molecule has 10 rings (SSSR count). The number of hydrogen-bond donors (Lipinski definition) is 3. The van der Waals surface area contributed by atoms with Crippen LogP contribution in [0.15, 0.2) is 46.2 Å². The molecule has 2 aromatic carbocycles. The molecule has 2 saturated heterocycles. The highest BCUT2D eigenvalue weighted by Crippen LogP contribution is 2.43. The molecule has 2 fully saturated rings. The van der Waals surface area contributed by atoms with Gasteiger partial charge in [-0.05, 0) is 104 Å². The van der Waals surface area contributed by atoms with Gasteiger partial charge in [-0.25, -0.2) is 38.3 Å². The minimum atomic E-state index is -1.41. The Morgan fingerprint density at radius 1 is 0.701 bits per heavy atom. The van der Waals surface area contributed by atoms with Gasteiger partial charge in [0.15, 0.2) is 23.1 Å². The second kappa shape index (κ2) is 18.8. The Morgan fingerprint density at radius 3 is 1.67 bits per heavy atom. The van der Waals surface area contributed by atoms with Crippen LogP contribution in [-0.2, 0) is 12.8 Å². The number of benzene rings is 2. The Kier molecular flexibility index (Phi) is 13.1. The number of aromatic carboxylic acids is 2. The van der Waals surface area contributed by atoms with Crippen molar-refractivity contribution in [3.05, 3.63) is 120 Å². The zero-order valence-electron chi connectivity index (χ0n) is 38.0. The number of rotatable bonds is 7. The summed E-state index contributed by atoms with van der Waals surface area (Å²) in [6, 6.07) is 5.34. The summed E-state index contributed by atoms with van der Waals surface area (Å²) in [6.45, 7) is 15.4. The molecule has 4 aromatic heterocycles. The molecule has 0 radical (unpaired) electrons. The number of carbonyl (C=O) groups is 2. The number of nitrogens with one attached hydrogen (secondary N) is 1. The molecule has 8 heterocycles. The molecule has 352 valence electrons. The molecule has 4 aliphatic rings. The van der Waals surface area contributed by atoms with E-state index in [4.69, 9.17) is 14.6 Å². The van der Waals surface area contributed by atoms with E-state index in [0.29, 0.717) is 42.5 Å². The molecule has 0 saturated carbocycles. The van der Waals surface area contributed by atoms with E-state index in [1.165, 1.54) is 17.2 Å². The number of carboxylic acids is 2. The van der Waals surface area contributed by atoms with E-state index in [2.05, 4.69) is 25.3 Å². The van der Waals surface area contributed by atoms with Crippen molar-refractivity contribution in [2.24, 2.45) is 11.8 Å². The number of carboxylic acid groups (broad SMARTS) is 2. The maximum atomic E-state index is 15.4. The SMILES string of the molecule is C[C@H]1COc2c(F)c(F)cc3c(=O)c(C(=O)O)cn1c23.Cc1cc(C)nc(C[C@@H]2CCN(c3c(F)cc4c(=O)c(C(=O)O)cn5c4c3OC[C@@H]5C)C2)n1.Cc1cc(C)nc(C[C@@H]2CCNC2)n1. The number of anilines is 1. The Hall–Kier alpha value is -6.89. The van der Waals surface area contributed by atoms with Crippen LogP contribution < -0.4 is 30.5 Å². The van der Waals surface area contributed by atoms with Gasteiger partial charge < -0.3 is 39.0 Å². The fraction of sp³-hybridized carbons (Fsp3) is 0.417. The van der Waals surface area contributed by atoms with Gasteiger partial charge in [-0.1, -0.05) is 0 Å². The topological polar surface area (TPSA) is 204 Å². The van der Waals surface area contributed by atoms with E-state index in [0.717, 1.165) is 78.5 Å². The normalized spacial score (nSPS) is 19.3. The molecule has 4 atom stereocenters. The van der Waals surface area contributed by atoms with E-state index < -0.39 is 45.8 Å². The highest BCUT2D eigenvalue weighted by Gasteiger charge is 2.34. The summed E-state index contributed by atoms with van der Waals surface area (Å²) < 4.78 is 56.9. The zero-order valence-corrected chi connectivity index (χ0v) is 38.0. The van der Waals surface area contributed by atoms with Crippen LogP contribution in [0.4, 0.5) is 18.9 Å². The van der Waals surface area contributed by atoms with Crippen LogP contribution in [0.1, 0.15) is 93.9 Å². The summed E-state index contributed by atoms with van der Waals surface area (Å²) in [5.74, 6) is -3.00. The lowest BCUT2D eigenvalue weighted by Gasteiger charge is -2.31. The van der Waals surface area contributed by atoms with Crippen molar-refractivity contribution in [2.75, 3.05) is 44.3 Å². The molecule has 16 nitrogen and oxygen atoms in total. The first-order chi connectivity index (χ1) is 31.9. The molecular weight excluding hydrogens is 874 g/mol. The highest BCUT2D eigenvalue weighted by atomic mass is 19.2. The third kappa shape index (κ3) is 9.41. The fourth-order valence-electron chi connectivity index (χ4n) is 9.39. The quantitative estimate of drug-likeness (QED) is 0.158. The van der Waals surface area contributed by atoms with Crippen LogP contribution in [0.3, 0.4) is 0 Å². The van der Waals surface area contributed by atoms with Crippen molar-refractivity contribution in [1.29, 1.82) is 0 Å². The van der Waals surface area contributed by atoms with E-state index in [1.54, 1.807) is 11.5 Å². The molecule has 3 N–H and O–H groups in total. The van der Waals surface area contributed by atoms with Crippen LogP contribution in [0.25, 0.3) is 21.8 Å². The van der Waals surface area contributed by atoms with E-state index >= 15 is 4.39 Å². The monoisotopic (exact) mass is 924 g/mol. The van der Waals surface area contributed by atoms with Gasteiger partial charge in [0.2, 0.25) is 16.7 Å². The minimum Gasteiger partial charge on any atom is -0.487 e. The van der Waals surface area contributed by atoms with Gasteiger partial charge in [-0.3, -0.25) is 9.59 Å². The molecule has 0 amide bonds. The number of aromatic nitrogens is 6. The summed E-state index contributed by atoms with van der Waals surface area (Å²) in [5.41, 5.74) is 2.46. The number of nitrogens with zero attached hydrogens (tertiary/aromatic N) is 7. The Morgan fingerprint density at radius 2 is 1.18 bits per heavy atom. The number of ether oxygens (including phenoxy) is 2. The van der Waals surface area contributed by atoms with Crippen LogP contribution in [0, 0.1) is 57.0 Å². The summed E-state index contributed by atoms with van der Waals surface area (Å²) in [4.78, 5) is 67.4. The Labute approximate surface area is 382 Å². The summed E-state index contributed by atoms with van der Waals surface area (Å²) >= 11 is 0. The lowest BCUT2D eigenvalue weighted by atomic mass is 10.0. The van der Waals surface area contributed by atoms with Gasteiger partial charge >= 0.3 is 11.9 Å².